The van der Waals surface area contributed by atoms with Crippen LogP contribution >= 0.6 is 0 Å². The molecule has 0 saturated carbocycles. The van der Waals surface area contributed by atoms with E-state index in [1.807, 2.05) is 7.05 Å². The summed E-state index contributed by atoms with van der Waals surface area (Å²) in [6.45, 7) is 7.81. The SMILES string of the molecule is CNCCc1c(C(C)(C)C)[nH]c2ccccc12.O=C(O)C(=O)O. The summed E-state index contributed by atoms with van der Waals surface area (Å²) in [5.74, 6) is -3.65. The Hall–Kier alpha value is -2.34. The Labute approximate surface area is 135 Å². The predicted molar refractivity (Wildman–Crippen MR) is 89.9 cm³/mol. The molecule has 0 aliphatic heterocycles. The molecule has 0 saturated heterocycles. The predicted octanol–water partition coefficient (Wildman–Crippen LogP) is 2.38. The topological polar surface area (TPSA) is 102 Å². The maximum absolute atomic E-state index is 9.10. The minimum atomic E-state index is -1.82. The van der Waals surface area contributed by atoms with E-state index in [1.165, 1.54) is 22.2 Å². The van der Waals surface area contributed by atoms with Crippen molar-refractivity contribution < 1.29 is 19.8 Å². The van der Waals surface area contributed by atoms with Crippen LogP contribution in [-0.4, -0.2) is 40.7 Å². The largest absolute Gasteiger partial charge is 0.473 e. The first-order valence-electron chi connectivity index (χ1n) is 7.39. The molecule has 6 nitrogen and oxygen atoms in total. The van der Waals surface area contributed by atoms with Crippen LogP contribution in [0.5, 0.6) is 0 Å². The van der Waals surface area contributed by atoms with Crippen LogP contribution in [0.4, 0.5) is 0 Å². The number of aromatic nitrogens is 1. The van der Waals surface area contributed by atoms with Crippen molar-refractivity contribution >= 4 is 22.8 Å². The highest BCUT2D eigenvalue weighted by Crippen LogP contribution is 2.31. The monoisotopic (exact) mass is 320 g/mol. The number of hydrogen-bond acceptors (Lipinski definition) is 3. The smallest absolute Gasteiger partial charge is 0.414 e. The quantitative estimate of drug-likeness (QED) is 0.650. The lowest BCUT2D eigenvalue weighted by Gasteiger charge is -2.19. The molecule has 0 spiro atoms. The molecule has 0 amide bonds. The molecule has 0 aliphatic rings. The Morgan fingerprint density at radius 2 is 1.70 bits per heavy atom. The van der Waals surface area contributed by atoms with Crippen molar-refractivity contribution in [2.24, 2.45) is 0 Å². The number of aromatic amines is 1. The van der Waals surface area contributed by atoms with Crippen LogP contribution in [-0.2, 0) is 21.4 Å². The zero-order valence-corrected chi connectivity index (χ0v) is 13.9. The summed E-state index contributed by atoms with van der Waals surface area (Å²) >= 11 is 0. The van der Waals surface area contributed by atoms with E-state index in [1.54, 1.807) is 0 Å². The van der Waals surface area contributed by atoms with Gasteiger partial charge in [0, 0.05) is 22.0 Å². The first-order chi connectivity index (χ1) is 10.7. The number of nitrogens with one attached hydrogen (secondary N) is 2. The Kier molecular flexibility index (Phi) is 6.33. The van der Waals surface area contributed by atoms with E-state index in [4.69, 9.17) is 19.8 Å². The van der Waals surface area contributed by atoms with Crippen molar-refractivity contribution in [3.05, 3.63) is 35.5 Å². The molecular weight excluding hydrogens is 296 g/mol. The fourth-order valence-corrected chi connectivity index (χ4v) is 2.35. The number of carbonyl (C=O) groups is 2. The first-order valence-corrected chi connectivity index (χ1v) is 7.39. The van der Waals surface area contributed by atoms with Gasteiger partial charge in [-0.15, -0.1) is 0 Å². The van der Waals surface area contributed by atoms with Gasteiger partial charge in [-0.1, -0.05) is 39.0 Å². The van der Waals surface area contributed by atoms with E-state index in [-0.39, 0.29) is 5.41 Å². The number of H-pyrrole nitrogens is 1. The summed E-state index contributed by atoms with van der Waals surface area (Å²) in [5, 5.41) is 19.4. The highest BCUT2D eigenvalue weighted by atomic mass is 16.4. The van der Waals surface area contributed by atoms with Crippen LogP contribution in [0, 0.1) is 0 Å². The maximum atomic E-state index is 9.10. The van der Waals surface area contributed by atoms with Gasteiger partial charge in [-0.3, -0.25) is 0 Å². The summed E-state index contributed by atoms with van der Waals surface area (Å²) in [6.07, 6.45) is 1.08. The Morgan fingerprint density at radius 3 is 2.17 bits per heavy atom. The molecule has 6 heteroatoms. The van der Waals surface area contributed by atoms with E-state index >= 15 is 0 Å². The highest BCUT2D eigenvalue weighted by molar-refractivity contribution is 6.27. The molecule has 0 fully saturated rings. The zero-order chi connectivity index (χ0) is 17.6. The van der Waals surface area contributed by atoms with Crippen LogP contribution < -0.4 is 5.32 Å². The number of fused-ring (bicyclic) bond motifs is 1. The normalized spacial score (nSPS) is 11.0. The molecule has 23 heavy (non-hydrogen) atoms. The van der Waals surface area contributed by atoms with Crippen LogP contribution in [0.2, 0.25) is 0 Å². The molecule has 1 aromatic carbocycles. The molecule has 126 valence electrons. The third-order valence-electron chi connectivity index (χ3n) is 3.37. The van der Waals surface area contributed by atoms with Crippen molar-refractivity contribution in [2.75, 3.05) is 13.6 Å². The molecule has 0 atom stereocenters. The van der Waals surface area contributed by atoms with Gasteiger partial charge in [0.1, 0.15) is 0 Å². The Morgan fingerprint density at radius 1 is 1.13 bits per heavy atom. The van der Waals surface area contributed by atoms with Gasteiger partial charge in [0.05, 0.1) is 0 Å². The van der Waals surface area contributed by atoms with Crippen LogP contribution in [0.15, 0.2) is 24.3 Å². The van der Waals surface area contributed by atoms with Crippen LogP contribution in [0.1, 0.15) is 32.0 Å². The number of benzene rings is 1. The lowest BCUT2D eigenvalue weighted by Crippen LogP contribution is -2.17. The second-order valence-corrected chi connectivity index (χ2v) is 6.24. The van der Waals surface area contributed by atoms with E-state index in [2.05, 4.69) is 55.3 Å². The number of rotatable bonds is 3. The second kappa shape index (κ2) is 7.78. The molecule has 1 heterocycles. The molecule has 4 N–H and O–H groups in total. The van der Waals surface area contributed by atoms with Crippen molar-refractivity contribution in [3.63, 3.8) is 0 Å². The summed E-state index contributed by atoms with van der Waals surface area (Å²) in [6, 6.07) is 8.58. The third kappa shape index (κ3) is 5.10. The fourth-order valence-electron chi connectivity index (χ4n) is 2.35. The summed E-state index contributed by atoms with van der Waals surface area (Å²) in [5.41, 5.74) is 4.25. The molecule has 0 bridgehead atoms. The number of likely N-dealkylation sites (N-methyl/N-ethyl adjacent to an activating group) is 1. The summed E-state index contributed by atoms with van der Waals surface area (Å²) in [7, 11) is 2.01. The second-order valence-electron chi connectivity index (χ2n) is 6.24. The van der Waals surface area contributed by atoms with E-state index in [0.29, 0.717) is 0 Å². The molecule has 2 aromatic rings. The van der Waals surface area contributed by atoms with Crippen LogP contribution in [0.25, 0.3) is 10.9 Å². The van der Waals surface area contributed by atoms with Crippen molar-refractivity contribution in [1.82, 2.24) is 10.3 Å². The van der Waals surface area contributed by atoms with Gasteiger partial charge in [-0.05, 0) is 31.6 Å². The number of aliphatic carboxylic acids is 2. The van der Waals surface area contributed by atoms with Crippen molar-refractivity contribution in [1.29, 1.82) is 0 Å². The van der Waals surface area contributed by atoms with Gasteiger partial charge >= 0.3 is 11.9 Å². The molecule has 0 unspecified atom stereocenters. The Balaban J connectivity index is 0.000000379. The maximum Gasteiger partial charge on any atom is 0.414 e. The molecule has 0 radical (unpaired) electrons. The number of hydrogen-bond donors (Lipinski definition) is 4. The van der Waals surface area contributed by atoms with E-state index in [0.717, 1.165) is 13.0 Å². The van der Waals surface area contributed by atoms with Crippen molar-refractivity contribution in [3.8, 4) is 0 Å². The summed E-state index contributed by atoms with van der Waals surface area (Å²) < 4.78 is 0. The van der Waals surface area contributed by atoms with E-state index < -0.39 is 11.9 Å². The minimum Gasteiger partial charge on any atom is -0.473 e. The number of carboxylic acid groups (broad SMARTS) is 2. The standard InChI is InChI=1S/C15H22N2.C2H2O4/c1-15(2,3)14-12(9-10-16-4)11-7-5-6-8-13(11)17-14;3-1(4)2(5)6/h5-8,16-17H,9-10H2,1-4H3;(H,3,4)(H,5,6). The number of para-hydroxylation sites is 1. The lowest BCUT2D eigenvalue weighted by molar-refractivity contribution is -0.159. The van der Waals surface area contributed by atoms with Gasteiger partial charge in [-0.2, -0.15) is 0 Å². The molecule has 0 aliphatic carbocycles. The third-order valence-corrected chi connectivity index (χ3v) is 3.37. The van der Waals surface area contributed by atoms with Gasteiger partial charge in [0.15, 0.2) is 0 Å². The molecule has 2 rings (SSSR count). The van der Waals surface area contributed by atoms with Crippen LogP contribution in [0.3, 0.4) is 0 Å². The Bertz CT molecular complexity index is 671. The fraction of sp³-hybridized carbons (Fsp3) is 0.412. The zero-order valence-electron chi connectivity index (χ0n) is 13.9. The van der Waals surface area contributed by atoms with Gasteiger partial charge in [0.25, 0.3) is 0 Å². The van der Waals surface area contributed by atoms with Gasteiger partial charge < -0.3 is 20.5 Å². The first kappa shape index (κ1) is 18.7. The number of carboxylic acids is 2. The van der Waals surface area contributed by atoms with Crippen molar-refractivity contribution in [2.45, 2.75) is 32.6 Å². The van der Waals surface area contributed by atoms with Gasteiger partial charge in [-0.25, -0.2) is 9.59 Å². The van der Waals surface area contributed by atoms with E-state index in [9.17, 15) is 0 Å². The average Bonchev–Trinajstić information content (AvgIpc) is 2.84. The minimum absolute atomic E-state index is 0.169. The molecule has 1 aromatic heterocycles. The highest BCUT2D eigenvalue weighted by Gasteiger charge is 2.21. The average molecular weight is 320 g/mol. The summed E-state index contributed by atoms with van der Waals surface area (Å²) in [4.78, 5) is 21.8. The van der Waals surface area contributed by atoms with Gasteiger partial charge in [0.2, 0.25) is 0 Å². The lowest BCUT2D eigenvalue weighted by atomic mass is 9.88. The molecular formula is C17H24N2O4.